The third-order valence-corrected chi connectivity index (χ3v) is 2.97. The van der Waals surface area contributed by atoms with E-state index >= 15 is 0 Å². The Morgan fingerprint density at radius 2 is 2.22 bits per heavy atom. The second-order valence-electron chi connectivity index (χ2n) is 4.17. The van der Waals surface area contributed by atoms with Gasteiger partial charge in [-0.05, 0) is 31.0 Å². The fourth-order valence-electron chi connectivity index (χ4n) is 1.97. The van der Waals surface area contributed by atoms with E-state index in [0.29, 0.717) is 6.61 Å². The number of pyridine rings is 1. The quantitative estimate of drug-likeness (QED) is 0.465. The first-order valence-electron chi connectivity index (χ1n) is 6.23. The van der Waals surface area contributed by atoms with Crippen LogP contribution in [-0.4, -0.2) is 18.2 Å². The number of nitrogens with zero attached hydrogens (tertiary/aromatic N) is 1. The van der Waals surface area contributed by atoms with Crippen molar-refractivity contribution in [2.45, 2.75) is 19.4 Å². The Balaban J connectivity index is 2.17. The number of nitrogens with two attached hydrogens (primary N) is 1. The van der Waals surface area contributed by atoms with E-state index in [0.717, 1.165) is 29.5 Å². The van der Waals surface area contributed by atoms with Crippen LogP contribution in [0.4, 0.5) is 0 Å². The van der Waals surface area contributed by atoms with Gasteiger partial charge in [-0.3, -0.25) is 16.3 Å². The monoisotopic (exact) mass is 245 g/mol. The number of aromatic nitrogens is 1. The molecule has 96 valence electrons. The van der Waals surface area contributed by atoms with Crippen molar-refractivity contribution in [3.8, 4) is 0 Å². The second-order valence-corrected chi connectivity index (χ2v) is 4.17. The summed E-state index contributed by atoms with van der Waals surface area (Å²) in [6.07, 6.45) is 2.71. The van der Waals surface area contributed by atoms with Crippen LogP contribution in [0.3, 0.4) is 0 Å². The van der Waals surface area contributed by atoms with Gasteiger partial charge in [0.1, 0.15) is 0 Å². The number of rotatable bonds is 6. The minimum Gasteiger partial charge on any atom is -0.382 e. The average Bonchev–Trinajstić information content (AvgIpc) is 2.43. The van der Waals surface area contributed by atoms with Gasteiger partial charge in [-0.2, -0.15) is 0 Å². The van der Waals surface area contributed by atoms with Crippen molar-refractivity contribution in [3.63, 3.8) is 0 Å². The van der Waals surface area contributed by atoms with Gasteiger partial charge in [-0.15, -0.1) is 0 Å². The third-order valence-electron chi connectivity index (χ3n) is 2.97. The number of nitrogens with one attached hydrogen (secondary N) is 1. The van der Waals surface area contributed by atoms with E-state index in [1.165, 1.54) is 0 Å². The van der Waals surface area contributed by atoms with E-state index in [1.54, 1.807) is 0 Å². The summed E-state index contributed by atoms with van der Waals surface area (Å²) in [6, 6.07) is 10.3. The molecule has 0 aliphatic rings. The Morgan fingerprint density at radius 1 is 1.39 bits per heavy atom. The largest absolute Gasteiger partial charge is 0.382 e. The molecule has 2 aromatic rings. The lowest BCUT2D eigenvalue weighted by atomic mass is 10.0. The van der Waals surface area contributed by atoms with Crippen LogP contribution in [0.1, 0.15) is 24.9 Å². The standard InChI is InChI=1S/C14H19N3O/c1-2-18-8-7-14(17-15)12-9-11-5-3-4-6-13(11)16-10-12/h3-6,9-10,14,17H,2,7-8,15H2,1H3. The van der Waals surface area contributed by atoms with Crippen molar-refractivity contribution in [2.24, 2.45) is 5.84 Å². The Labute approximate surface area is 107 Å². The molecule has 0 spiro atoms. The molecule has 0 aliphatic carbocycles. The van der Waals surface area contributed by atoms with Gasteiger partial charge >= 0.3 is 0 Å². The zero-order valence-electron chi connectivity index (χ0n) is 10.6. The van der Waals surface area contributed by atoms with E-state index in [9.17, 15) is 0 Å². The molecule has 1 aromatic heterocycles. The maximum atomic E-state index is 5.60. The molecule has 0 fully saturated rings. The first-order chi connectivity index (χ1) is 8.85. The molecule has 0 bridgehead atoms. The van der Waals surface area contributed by atoms with E-state index in [1.807, 2.05) is 31.3 Å². The van der Waals surface area contributed by atoms with E-state index < -0.39 is 0 Å². The highest BCUT2D eigenvalue weighted by Gasteiger charge is 2.10. The molecule has 0 radical (unpaired) electrons. The van der Waals surface area contributed by atoms with Crippen molar-refractivity contribution in [3.05, 3.63) is 42.1 Å². The van der Waals surface area contributed by atoms with Crippen LogP contribution >= 0.6 is 0 Å². The van der Waals surface area contributed by atoms with Gasteiger partial charge in [-0.1, -0.05) is 18.2 Å². The third kappa shape index (κ3) is 3.04. The molecule has 1 aromatic carbocycles. The maximum Gasteiger partial charge on any atom is 0.0702 e. The molecule has 1 unspecified atom stereocenters. The van der Waals surface area contributed by atoms with Crippen LogP contribution in [0.15, 0.2) is 36.5 Å². The summed E-state index contributed by atoms with van der Waals surface area (Å²) in [4.78, 5) is 4.44. The number of fused-ring (bicyclic) bond motifs is 1. The van der Waals surface area contributed by atoms with Crippen molar-refractivity contribution < 1.29 is 4.74 Å². The van der Waals surface area contributed by atoms with Crippen LogP contribution in [0, 0.1) is 0 Å². The van der Waals surface area contributed by atoms with E-state index in [2.05, 4.69) is 22.5 Å². The van der Waals surface area contributed by atoms with Crippen LogP contribution in [0.5, 0.6) is 0 Å². The molecule has 0 saturated heterocycles. The molecule has 0 aliphatic heterocycles. The van der Waals surface area contributed by atoms with Gasteiger partial charge in [0.05, 0.1) is 5.52 Å². The SMILES string of the molecule is CCOCCC(NN)c1cnc2ccccc2c1. The van der Waals surface area contributed by atoms with Gasteiger partial charge in [-0.25, -0.2) is 0 Å². The van der Waals surface area contributed by atoms with Gasteiger partial charge in [0, 0.05) is 30.8 Å². The minimum atomic E-state index is 0.0775. The minimum absolute atomic E-state index is 0.0775. The molecule has 0 amide bonds. The number of ether oxygens (including phenoxy) is 1. The molecule has 0 saturated carbocycles. The summed E-state index contributed by atoms with van der Waals surface area (Å²) < 4.78 is 5.36. The number of para-hydroxylation sites is 1. The fraction of sp³-hybridized carbons (Fsp3) is 0.357. The summed E-state index contributed by atoms with van der Waals surface area (Å²) in [5, 5.41) is 1.13. The highest BCUT2D eigenvalue weighted by atomic mass is 16.5. The van der Waals surface area contributed by atoms with Crippen molar-refractivity contribution in [1.29, 1.82) is 0 Å². The Kier molecular flexibility index (Phi) is 4.64. The second kappa shape index (κ2) is 6.44. The highest BCUT2D eigenvalue weighted by molar-refractivity contribution is 5.78. The Morgan fingerprint density at radius 3 is 3.00 bits per heavy atom. The predicted octanol–water partition coefficient (Wildman–Crippen LogP) is 2.17. The lowest BCUT2D eigenvalue weighted by Gasteiger charge is -2.16. The number of hydrogen-bond acceptors (Lipinski definition) is 4. The van der Waals surface area contributed by atoms with Crippen LogP contribution < -0.4 is 11.3 Å². The first-order valence-corrected chi connectivity index (χ1v) is 6.23. The van der Waals surface area contributed by atoms with E-state index in [4.69, 9.17) is 10.6 Å². The summed E-state index contributed by atoms with van der Waals surface area (Å²) in [5.74, 6) is 5.60. The van der Waals surface area contributed by atoms with Crippen molar-refractivity contribution >= 4 is 10.9 Å². The van der Waals surface area contributed by atoms with Crippen LogP contribution in [-0.2, 0) is 4.74 Å². The number of benzene rings is 1. The molecule has 18 heavy (non-hydrogen) atoms. The van der Waals surface area contributed by atoms with E-state index in [-0.39, 0.29) is 6.04 Å². The van der Waals surface area contributed by atoms with Crippen LogP contribution in [0.2, 0.25) is 0 Å². The molecule has 2 rings (SSSR count). The molecular formula is C14H19N3O. The average molecular weight is 245 g/mol. The molecule has 1 heterocycles. The molecule has 3 N–H and O–H groups in total. The van der Waals surface area contributed by atoms with Gasteiger partial charge in [0.25, 0.3) is 0 Å². The summed E-state index contributed by atoms with van der Waals surface area (Å²) >= 11 is 0. The molecule has 1 atom stereocenters. The molecule has 4 nitrogen and oxygen atoms in total. The lowest BCUT2D eigenvalue weighted by molar-refractivity contribution is 0.136. The molecular weight excluding hydrogens is 226 g/mol. The first kappa shape index (κ1) is 13.0. The highest BCUT2D eigenvalue weighted by Crippen LogP contribution is 2.20. The number of hydrogen-bond donors (Lipinski definition) is 2. The molecule has 4 heteroatoms. The topological polar surface area (TPSA) is 60.2 Å². The number of hydrazine groups is 1. The summed E-state index contributed by atoms with van der Waals surface area (Å²) in [5.41, 5.74) is 4.92. The Bertz CT molecular complexity index is 501. The Hall–Kier alpha value is -1.49. The van der Waals surface area contributed by atoms with Crippen LogP contribution in [0.25, 0.3) is 10.9 Å². The summed E-state index contributed by atoms with van der Waals surface area (Å²) in [7, 11) is 0. The van der Waals surface area contributed by atoms with Gasteiger partial charge < -0.3 is 4.74 Å². The predicted molar refractivity (Wildman–Crippen MR) is 72.9 cm³/mol. The smallest absolute Gasteiger partial charge is 0.0702 e. The maximum absolute atomic E-state index is 5.60. The van der Waals surface area contributed by atoms with Crippen molar-refractivity contribution in [2.75, 3.05) is 13.2 Å². The zero-order valence-corrected chi connectivity index (χ0v) is 10.6. The van der Waals surface area contributed by atoms with Gasteiger partial charge in [0.2, 0.25) is 0 Å². The van der Waals surface area contributed by atoms with Crippen molar-refractivity contribution in [1.82, 2.24) is 10.4 Å². The zero-order chi connectivity index (χ0) is 12.8. The van der Waals surface area contributed by atoms with Gasteiger partial charge in [0.15, 0.2) is 0 Å². The fourth-order valence-corrected chi connectivity index (χ4v) is 1.97. The lowest BCUT2D eigenvalue weighted by Crippen LogP contribution is -2.29. The summed E-state index contributed by atoms with van der Waals surface area (Å²) in [6.45, 7) is 3.41. The normalized spacial score (nSPS) is 12.8.